The van der Waals surface area contributed by atoms with E-state index in [2.05, 4.69) is 10.4 Å². The molecule has 0 aliphatic rings. The Labute approximate surface area is 118 Å². The second-order valence-corrected chi connectivity index (χ2v) is 4.28. The van der Waals surface area contributed by atoms with E-state index in [1.165, 1.54) is 0 Å². The van der Waals surface area contributed by atoms with Crippen molar-refractivity contribution in [3.05, 3.63) is 35.1 Å². The molecule has 110 valence electrons. The van der Waals surface area contributed by atoms with Crippen LogP contribution in [-0.4, -0.2) is 16.3 Å². The van der Waals surface area contributed by atoms with Gasteiger partial charge < -0.3 is 11.1 Å². The highest BCUT2D eigenvalue weighted by Gasteiger charge is 2.19. The summed E-state index contributed by atoms with van der Waals surface area (Å²) in [5.41, 5.74) is 5.71. The fraction of sp³-hybridized carbons (Fsp3) is 0.231. The van der Waals surface area contributed by atoms with Crippen molar-refractivity contribution < 1.29 is 13.2 Å². The Kier molecular flexibility index (Phi) is 4.03. The van der Waals surface area contributed by atoms with Crippen LogP contribution in [0.25, 0.3) is 5.69 Å². The number of nitrogen functional groups attached to an aromatic ring is 1. The van der Waals surface area contributed by atoms with Crippen LogP contribution in [0.4, 0.5) is 24.8 Å². The minimum absolute atomic E-state index is 0.0635. The summed E-state index contributed by atoms with van der Waals surface area (Å²) in [6, 6.07) is 3.38. The SMILES string of the molecule is CCCNc1nn(-c2cc(F)c(F)c(F)c2)c(N)c1C#N. The Hall–Kier alpha value is -2.69. The topological polar surface area (TPSA) is 79.7 Å². The Morgan fingerprint density at radius 1 is 1.33 bits per heavy atom. The second kappa shape index (κ2) is 5.75. The first-order valence-electron chi connectivity index (χ1n) is 6.17. The van der Waals surface area contributed by atoms with Crippen LogP contribution < -0.4 is 11.1 Å². The standard InChI is InChI=1S/C13H12F3N5/c1-2-3-19-13-8(6-17)12(18)21(20-13)7-4-9(14)11(16)10(15)5-7/h4-5H,2-3,18H2,1H3,(H,19,20). The number of rotatable bonds is 4. The Morgan fingerprint density at radius 3 is 2.48 bits per heavy atom. The lowest BCUT2D eigenvalue weighted by molar-refractivity contribution is 0.446. The number of hydrogen-bond donors (Lipinski definition) is 2. The van der Waals surface area contributed by atoms with E-state index in [-0.39, 0.29) is 22.9 Å². The van der Waals surface area contributed by atoms with Crippen molar-refractivity contribution >= 4 is 11.6 Å². The van der Waals surface area contributed by atoms with E-state index >= 15 is 0 Å². The van der Waals surface area contributed by atoms with Crippen LogP contribution in [-0.2, 0) is 0 Å². The molecule has 0 bridgehead atoms. The van der Waals surface area contributed by atoms with Crippen LogP contribution in [0.3, 0.4) is 0 Å². The van der Waals surface area contributed by atoms with Gasteiger partial charge in [0.2, 0.25) is 0 Å². The van der Waals surface area contributed by atoms with E-state index in [0.717, 1.165) is 23.2 Å². The van der Waals surface area contributed by atoms with Crippen molar-refractivity contribution in [3.8, 4) is 11.8 Å². The van der Waals surface area contributed by atoms with Gasteiger partial charge in [-0.2, -0.15) is 5.26 Å². The third-order valence-corrected chi connectivity index (χ3v) is 2.79. The molecule has 1 aromatic carbocycles. The lowest BCUT2D eigenvalue weighted by atomic mass is 10.2. The summed E-state index contributed by atoms with van der Waals surface area (Å²) in [5, 5.41) is 16.0. The zero-order valence-corrected chi connectivity index (χ0v) is 11.1. The molecule has 3 N–H and O–H groups in total. The van der Waals surface area contributed by atoms with E-state index in [0.29, 0.717) is 6.54 Å². The first-order chi connectivity index (χ1) is 9.99. The summed E-state index contributed by atoms with van der Waals surface area (Å²) in [4.78, 5) is 0. The maximum absolute atomic E-state index is 13.3. The van der Waals surface area contributed by atoms with Gasteiger partial charge in [0.1, 0.15) is 17.5 Å². The molecule has 0 fully saturated rings. The molecular formula is C13H12F3N5. The second-order valence-electron chi connectivity index (χ2n) is 4.28. The van der Waals surface area contributed by atoms with Gasteiger partial charge in [-0.15, -0.1) is 5.10 Å². The highest BCUT2D eigenvalue weighted by molar-refractivity contribution is 5.66. The van der Waals surface area contributed by atoms with Gasteiger partial charge in [0.15, 0.2) is 23.3 Å². The predicted molar refractivity (Wildman–Crippen MR) is 71.3 cm³/mol. The number of hydrogen-bond acceptors (Lipinski definition) is 4. The molecule has 21 heavy (non-hydrogen) atoms. The zero-order valence-electron chi connectivity index (χ0n) is 11.1. The molecule has 0 saturated heterocycles. The fourth-order valence-corrected chi connectivity index (χ4v) is 1.77. The van der Waals surface area contributed by atoms with E-state index in [1.54, 1.807) is 0 Å². The molecule has 0 saturated carbocycles. The third-order valence-electron chi connectivity index (χ3n) is 2.79. The van der Waals surface area contributed by atoms with Crippen LogP contribution in [0.1, 0.15) is 18.9 Å². The zero-order chi connectivity index (χ0) is 15.6. The molecule has 0 aliphatic carbocycles. The molecule has 0 aliphatic heterocycles. The summed E-state index contributed by atoms with van der Waals surface area (Å²) in [6.07, 6.45) is 0.789. The lowest BCUT2D eigenvalue weighted by Gasteiger charge is -2.05. The first-order valence-corrected chi connectivity index (χ1v) is 6.17. The normalized spacial score (nSPS) is 10.4. The Morgan fingerprint density at radius 2 is 1.95 bits per heavy atom. The van der Waals surface area contributed by atoms with Crippen molar-refractivity contribution in [3.63, 3.8) is 0 Å². The van der Waals surface area contributed by atoms with Crippen LogP contribution in [0, 0.1) is 28.8 Å². The van der Waals surface area contributed by atoms with Gasteiger partial charge in [0, 0.05) is 18.7 Å². The maximum Gasteiger partial charge on any atom is 0.194 e. The molecule has 8 heteroatoms. The predicted octanol–water partition coefficient (Wildman–Crippen LogP) is 2.57. The molecule has 0 atom stereocenters. The van der Waals surface area contributed by atoms with Gasteiger partial charge >= 0.3 is 0 Å². The van der Waals surface area contributed by atoms with Crippen LogP contribution in [0.15, 0.2) is 12.1 Å². The number of nitrogens with zero attached hydrogens (tertiary/aromatic N) is 3. The van der Waals surface area contributed by atoms with Crippen LogP contribution in [0.5, 0.6) is 0 Å². The third kappa shape index (κ3) is 2.63. The van der Waals surface area contributed by atoms with Gasteiger partial charge in [0.25, 0.3) is 0 Å². The van der Waals surface area contributed by atoms with Crippen molar-refractivity contribution in [1.82, 2.24) is 9.78 Å². The largest absolute Gasteiger partial charge is 0.382 e. The van der Waals surface area contributed by atoms with Crippen molar-refractivity contribution in [1.29, 1.82) is 5.26 Å². The maximum atomic E-state index is 13.3. The Balaban J connectivity index is 2.55. The number of nitrogens with two attached hydrogens (primary N) is 1. The molecule has 0 spiro atoms. The van der Waals surface area contributed by atoms with E-state index in [1.807, 2.05) is 13.0 Å². The number of halogens is 3. The minimum atomic E-state index is -1.57. The highest BCUT2D eigenvalue weighted by Crippen LogP contribution is 2.25. The van der Waals surface area contributed by atoms with Crippen molar-refractivity contribution in [2.75, 3.05) is 17.6 Å². The molecule has 0 amide bonds. The summed E-state index contributed by atoms with van der Waals surface area (Å²) < 4.78 is 40.5. The van der Waals surface area contributed by atoms with Crippen LogP contribution >= 0.6 is 0 Å². The monoisotopic (exact) mass is 295 g/mol. The lowest BCUT2D eigenvalue weighted by Crippen LogP contribution is -2.05. The minimum Gasteiger partial charge on any atom is -0.382 e. The molecule has 1 heterocycles. The molecule has 0 unspecified atom stereocenters. The van der Waals surface area contributed by atoms with Gasteiger partial charge in [-0.25, -0.2) is 17.9 Å². The number of aromatic nitrogens is 2. The smallest absolute Gasteiger partial charge is 0.194 e. The van der Waals surface area contributed by atoms with Gasteiger partial charge in [0.05, 0.1) is 5.69 Å². The number of nitriles is 1. The van der Waals surface area contributed by atoms with E-state index < -0.39 is 17.5 Å². The average molecular weight is 295 g/mol. The summed E-state index contributed by atoms with van der Waals surface area (Å²) in [7, 11) is 0. The van der Waals surface area contributed by atoms with Gasteiger partial charge in [-0.3, -0.25) is 0 Å². The Bertz CT molecular complexity index is 694. The molecule has 1 aromatic heterocycles. The van der Waals surface area contributed by atoms with Crippen molar-refractivity contribution in [2.45, 2.75) is 13.3 Å². The molecule has 2 aromatic rings. The first kappa shape index (κ1) is 14.7. The van der Waals surface area contributed by atoms with Crippen LogP contribution in [0.2, 0.25) is 0 Å². The highest BCUT2D eigenvalue weighted by atomic mass is 19.2. The molecule has 0 radical (unpaired) electrons. The van der Waals surface area contributed by atoms with E-state index in [9.17, 15) is 13.2 Å². The molecule has 5 nitrogen and oxygen atoms in total. The van der Waals surface area contributed by atoms with Gasteiger partial charge in [-0.05, 0) is 6.42 Å². The average Bonchev–Trinajstić information content (AvgIpc) is 2.78. The van der Waals surface area contributed by atoms with E-state index in [4.69, 9.17) is 11.0 Å². The number of nitrogens with one attached hydrogen (secondary N) is 1. The summed E-state index contributed by atoms with van der Waals surface area (Å²) in [5.74, 6) is -4.17. The fourth-order valence-electron chi connectivity index (χ4n) is 1.77. The molecule has 2 rings (SSSR count). The number of benzene rings is 1. The summed E-state index contributed by atoms with van der Waals surface area (Å²) in [6.45, 7) is 2.47. The van der Waals surface area contributed by atoms with Gasteiger partial charge in [-0.1, -0.05) is 6.92 Å². The quantitative estimate of drug-likeness (QED) is 0.850. The van der Waals surface area contributed by atoms with Crippen molar-refractivity contribution in [2.24, 2.45) is 0 Å². The number of anilines is 2. The summed E-state index contributed by atoms with van der Waals surface area (Å²) >= 11 is 0. The molecular weight excluding hydrogens is 283 g/mol.